The van der Waals surface area contributed by atoms with E-state index in [2.05, 4.69) is 0 Å². The van der Waals surface area contributed by atoms with Crippen LogP contribution in [-0.2, 0) is 12.5 Å². The summed E-state index contributed by atoms with van der Waals surface area (Å²) in [5.74, 6) is -3.18. The SMILES string of the molecule is Cc1ccc(C#N)c(=O)n1CC(F)(F)c1ccccc1. The molecule has 0 aliphatic carbocycles. The molecule has 0 amide bonds. The third-order valence-electron chi connectivity index (χ3n) is 3.07. The second-order valence-electron chi connectivity index (χ2n) is 4.46. The van der Waals surface area contributed by atoms with Crippen LogP contribution >= 0.6 is 0 Å². The van der Waals surface area contributed by atoms with E-state index in [1.54, 1.807) is 19.1 Å². The van der Waals surface area contributed by atoms with Crippen molar-refractivity contribution in [2.75, 3.05) is 0 Å². The van der Waals surface area contributed by atoms with Gasteiger partial charge in [0, 0.05) is 11.3 Å². The zero-order chi connectivity index (χ0) is 14.8. The lowest BCUT2D eigenvalue weighted by atomic mass is 10.1. The Hall–Kier alpha value is -2.48. The Morgan fingerprint density at radius 2 is 1.85 bits per heavy atom. The van der Waals surface area contributed by atoms with Gasteiger partial charge >= 0.3 is 0 Å². The van der Waals surface area contributed by atoms with Gasteiger partial charge in [-0.15, -0.1) is 0 Å². The summed E-state index contributed by atoms with van der Waals surface area (Å²) in [7, 11) is 0. The monoisotopic (exact) mass is 274 g/mol. The molecule has 2 aromatic rings. The van der Waals surface area contributed by atoms with E-state index in [0.717, 1.165) is 4.57 Å². The summed E-state index contributed by atoms with van der Waals surface area (Å²) in [5.41, 5.74) is -0.596. The summed E-state index contributed by atoms with van der Waals surface area (Å²) in [5, 5.41) is 8.80. The molecule has 102 valence electrons. The highest BCUT2D eigenvalue weighted by atomic mass is 19.3. The molecule has 2 rings (SSSR count). The van der Waals surface area contributed by atoms with Gasteiger partial charge in [-0.25, -0.2) is 0 Å². The molecule has 0 saturated heterocycles. The molecule has 0 spiro atoms. The highest BCUT2D eigenvalue weighted by Crippen LogP contribution is 2.29. The molecule has 0 unspecified atom stereocenters. The van der Waals surface area contributed by atoms with Gasteiger partial charge in [0.05, 0.1) is 6.54 Å². The van der Waals surface area contributed by atoms with E-state index in [1.165, 1.54) is 36.4 Å². The quantitative estimate of drug-likeness (QED) is 0.864. The van der Waals surface area contributed by atoms with Crippen molar-refractivity contribution < 1.29 is 8.78 Å². The fraction of sp³-hybridized carbons (Fsp3) is 0.200. The Balaban J connectivity index is 2.45. The lowest BCUT2D eigenvalue weighted by molar-refractivity contribution is -0.0236. The van der Waals surface area contributed by atoms with E-state index < -0.39 is 18.0 Å². The summed E-state index contributed by atoms with van der Waals surface area (Å²) in [6, 6.07) is 11.9. The fourth-order valence-electron chi connectivity index (χ4n) is 1.92. The zero-order valence-electron chi connectivity index (χ0n) is 10.8. The third kappa shape index (κ3) is 2.59. The first kappa shape index (κ1) is 13.9. The second kappa shape index (κ2) is 5.25. The average molecular weight is 274 g/mol. The number of hydrogen-bond acceptors (Lipinski definition) is 2. The Morgan fingerprint density at radius 1 is 1.20 bits per heavy atom. The molecular weight excluding hydrogens is 262 g/mol. The molecular formula is C15H12F2N2O. The lowest BCUT2D eigenvalue weighted by Gasteiger charge is -2.19. The summed E-state index contributed by atoms with van der Waals surface area (Å²) in [4.78, 5) is 11.9. The number of aryl methyl sites for hydroxylation is 1. The molecule has 0 bridgehead atoms. The summed E-state index contributed by atoms with van der Waals surface area (Å²) < 4.78 is 29.3. The summed E-state index contributed by atoms with van der Waals surface area (Å²) in [6.45, 7) is 0.779. The Kier molecular flexibility index (Phi) is 3.66. The van der Waals surface area contributed by atoms with Crippen LogP contribution in [0, 0.1) is 18.3 Å². The molecule has 1 aromatic heterocycles. The largest absolute Gasteiger partial charge is 0.305 e. The predicted octanol–water partition coefficient (Wildman–Crippen LogP) is 2.82. The molecule has 0 atom stereocenters. The minimum atomic E-state index is -3.18. The van der Waals surface area contributed by atoms with Crippen molar-refractivity contribution in [2.45, 2.75) is 19.4 Å². The first-order valence-electron chi connectivity index (χ1n) is 5.99. The number of aromatic nitrogens is 1. The minimum Gasteiger partial charge on any atom is -0.305 e. The van der Waals surface area contributed by atoms with Gasteiger partial charge < -0.3 is 4.57 Å². The Morgan fingerprint density at radius 3 is 2.45 bits per heavy atom. The number of nitriles is 1. The van der Waals surface area contributed by atoms with Crippen LogP contribution < -0.4 is 5.56 Å². The van der Waals surface area contributed by atoms with Crippen molar-refractivity contribution in [1.29, 1.82) is 5.26 Å². The number of hydrogen-bond donors (Lipinski definition) is 0. The van der Waals surface area contributed by atoms with Crippen LogP contribution in [0.2, 0.25) is 0 Å². The molecule has 20 heavy (non-hydrogen) atoms. The van der Waals surface area contributed by atoms with E-state index in [0.29, 0.717) is 5.69 Å². The highest BCUT2D eigenvalue weighted by molar-refractivity contribution is 5.28. The molecule has 1 heterocycles. The topological polar surface area (TPSA) is 45.8 Å². The van der Waals surface area contributed by atoms with Crippen LogP contribution in [0.4, 0.5) is 8.78 Å². The maximum Gasteiger partial charge on any atom is 0.290 e. The fourth-order valence-corrected chi connectivity index (χ4v) is 1.92. The van der Waals surface area contributed by atoms with Gasteiger partial charge in [0.15, 0.2) is 0 Å². The van der Waals surface area contributed by atoms with E-state index >= 15 is 0 Å². The average Bonchev–Trinajstić information content (AvgIpc) is 2.45. The van der Waals surface area contributed by atoms with Crippen molar-refractivity contribution in [2.24, 2.45) is 0 Å². The lowest BCUT2D eigenvalue weighted by Crippen LogP contribution is -2.32. The molecule has 0 aliphatic heterocycles. The van der Waals surface area contributed by atoms with Gasteiger partial charge in [0.1, 0.15) is 11.6 Å². The van der Waals surface area contributed by atoms with Gasteiger partial charge in [0.2, 0.25) is 0 Å². The zero-order valence-corrected chi connectivity index (χ0v) is 10.8. The normalized spacial score (nSPS) is 11.1. The second-order valence-corrected chi connectivity index (χ2v) is 4.46. The van der Waals surface area contributed by atoms with Crippen LogP contribution in [0.3, 0.4) is 0 Å². The number of nitrogens with zero attached hydrogens (tertiary/aromatic N) is 2. The summed E-state index contributed by atoms with van der Waals surface area (Å²) >= 11 is 0. The molecule has 0 saturated carbocycles. The van der Waals surface area contributed by atoms with Crippen LogP contribution in [0.1, 0.15) is 16.8 Å². The van der Waals surface area contributed by atoms with E-state index in [1.807, 2.05) is 0 Å². The minimum absolute atomic E-state index is 0.139. The molecule has 3 nitrogen and oxygen atoms in total. The Labute approximate surface area is 114 Å². The first-order valence-corrected chi connectivity index (χ1v) is 5.99. The van der Waals surface area contributed by atoms with Crippen molar-refractivity contribution in [3.05, 3.63) is 69.6 Å². The first-order chi connectivity index (χ1) is 9.45. The van der Waals surface area contributed by atoms with Crippen molar-refractivity contribution >= 4 is 0 Å². The van der Waals surface area contributed by atoms with Crippen molar-refractivity contribution in [3.8, 4) is 6.07 Å². The maximum atomic E-state index is 14.2. The number of pyridine rings is 1. The van der Waals surface area contributed by atoms with E-state index in [9.17, 15) is 13.6 Å². The van der Waals surface area contributed by atoms with Gasteiger partial charge in [0.25, 0.3) is 11.5 Å². The third-order valence-corrected chi connectivity index (χ3v) is 3.07. The molecule has 1 aromatic carbocycles. The number of rotatable bonds is 3. The smallest absolute Gasteiger partial charge is 0.290 e. The van der Waals surface area contributed by atoms with Crippen molar-refractivity contribution in [1.82, 2.24) is 4.57 Å². The van der Waals surface area contributed by atoms with E-state index in [4.69, 9.17) is 5.26 Å². The van der Waals surface area contributed by atoms with Crippen molar-refractivity contribution in [3.63, 3.8) is 0 Å². The van der Waals surface area contributed by atoms with Gasteiger partial charge in [-0.2, -0.15) is 14.0 Å². The predicted molar refractivity (Wildman–Crippen MR) is 70.5 cm³/mol. The van der Waals surface area contributed by atoms with Crippen LogP contribution in [0.5, 0.6) is 0 Å². The van der Waals surface area contributed by atoms with Crippen LogP contribution in [0.25, 0.3) is 0 Å². The van der Waals surface area contributed by atoms with E-state index in [-0.39, 0.29) is 11.1 Å². The highest BCUT2D eigenvalue weighted by Gasteiger charge is 2.32. The standard InChI is InChI=1S/C15H12F2N2O/c1-11-7-8-12(9-18)14(20)19(11)10-15(16,17)13-5-3-2-4-6-13/h2-8H,10H2,1H3. The maximum absolute atomic E-state index is 14.2. The molecule has 0 radical (unpaired) electrons. The number of halogens is 2. The summed E-state index contributed by atoms with van der Waals surface area (Å²) in [6.07, 6.45) is 0. The molecule has 0 aliphatic rings. The van der Waals surface area contributed by atoms with Gasteiger partial charge in [-0.3, -0.25) is 4.79 Å². The molecule has 0 N–H and O–H groups in total. The number of benzene rings is 1. The Bertz CT molecular complexity index is 715. The van der Waals surface area contributed by atoms with Gasteiger partial charge in [-0.05, 0) is 19.1 Å². The van der Waals surface area contributed by atoms with Gasteiger partial charge in [-0.1, -0.05) is 30.3 Å². The molecule has 5 heteroatoms. The van der Waals surface area contributed by atoms with Crippen LogP contribution in [-0.4, -0.2) is 4.57 Å². The molecule has 0 fully saturated rings. The number of alkyl halides is 2. The van der Waals surface area contributed by atoms with Crippen LogP contribution in [0.15, 0.2) is 47.3 Å².